The van der Waals surface area contributed by atoms with Crippen LogP contribution in [-0.2, 0) is 10.0 Å². The first kappa shape index (κ1) is 19.9. The summed E-state index contributed by atoms with van der Waals surface area (Å²) in [4.78, 5) is 12.6. The maximum atomic E-state index is 12.7. The van der Waals surface area contributed by atoms with Crippen LogP contribution in [-0.4, -0.2) is 20.4 Å². The highest BCUT2D eigenvalue weighted by Crippen LogP contribution is 2.20. The summed E-state index contributed by atoms with van der Waals surface area (Å²) in [5.41, 5.74) is 1.12. The average Bonchev–Trinajstić information content (AvgIpc) is 2.97. The van der Waals surface area contributed by atoms with Crippen LogP contribution >= 0.6 is 0 Å². The molecule has 28 heavy (non-hydrogen) atoms. The van der Waals surface area contributed by atoms with Crippen LogP contribution in [0.2, 0.25) is 0 Å². The maximum absolute atomic E-state index is 12.7. The van der Waals surface area contributed by atoms with Gasteiger partial charge < -0.3 is 5.32 Å². The van der Waals surface area contributed by atoms with Crippen molar-refractivity contribution < 1.29 is 13.2 Å². The summed E-state index contributed by atoms with van der Waals surface area (Å²) in [6.45, 7) is 0. The molecule has 0 saturated heterocycles. The number of sulfonamides is 1. The van der Waals surface area contributed by atoms with Crippen molar-refractivity contribution >= 4 is 21.6 Å². The van der Waals surface area contributed by atoms with Crippen LogP contribution in [0.25, 0.3) is 0 Å². The third-order valence-electron chi connectivity index (χ3n) is 4.86. The van der Waals surface area contributed by atoms with Gasteiger partial charge >= 0.3 is 0 Å². The van der Waals surface area contributed by atoms with Gasteiger partial charge in [0.1, 0.15) is 0 Å². The first-order valence-corrected chi connectivity index (χ1v) is 10.9. The van der Waals surface area contributed by atoms with E-state index in [0.717, 1.165) is 25.7 Å². The average molecular weight is 398 g/mol. The second kappa shape index (κ2) is 8.89. The number of hydrogen-bond acceptors (Lipinski definition) is 4. The van der Waals surface area contributed by atoms with E-state index in [1.165, 1.54) is 49.2 Å². The molecule has 0 unspecified atom stereocenters. The molecule has 0 heterocycles. The minimum atomic E-state index is -3.84. The highest BCUT2D eigenvalue weighted by atomic mass is 32.2. The zero-order chi connectivity index (χ0) is 20.0. The minimum Gasteiger partial charge on any atom is -0.349 e. The van der Waals surface area contributed by atoms with E-state index in [-0.39, 0.29) is 16.8 Å². The van der Waals surface area contributed by atoms with Gasteiger partial charge in [-0.1, -0.05) is 31.7 Å². The molecule has 1 saturated carbocycles. The molecule has 1 fully saturated rings. The Bertz CT molecular complexity index is 971. The van der Waals surface area contributed by atoms with Gasteiger partial charge in [-0.2, -0.15) is 5.26 Å². The second-order valence-electron chi connectivity index (χ2n) is 6.98. The lowest BCUT2D eigenvalue weighted by atomic mass is 10.1. The van der Waals surface area contributed by atoms with Crippen LogP contribution < -0.4 is 10.0 Å². The number of hydrogen-bond donors (Lipinski definition) is 2. The van der Waals surface area contributed by atoms with Gasteiger partial charge in [0.25, 0.3) is 15.9 Å². The number of carbonyl (C=O) groups is 1. The summed E-state index contributed by atoms with van der Waals surface area (Å²) in [7, 11) is -3.84. The van der Waals surface area contributed by atoms with E-state index < -0.39 is 10.0 Å². The summed E-state index contributed by atoms with van der Waals surface area (Å²) < 4.78 is 27.8. The maximum Gasteiger partial charge on any atom is 0.261 e. The standard InChI is InChI=1S/C21H23N3O3S/c22-15-16-10-12-19(13-11-16)24-28(26,27)20-9-5-6-17(14-20)21(25)23-18-7-3-1-2-4-8-18/h5-6,9-14,18,24H,1-4,7-8H2,(H,23,25). The van der Waals surface area contributed by atoms with Crippen molar-refractivity contribution in [3.05, 3.63) is 59.7 Å². The van der Waals surface area contributed by atoms with Crippen LogP contribution in [0.15, 0.2) is 53.4 Å². The molecule has 1 aliphatic carbocycles. The largest absolute Gasteiger partial charge is 0.349 e. The molecule has 2 N–H and O–H groups in total. The Morgan fingerprint density at radius 2 is 1.68 bits per heavy atom. The van der Waals surface area contributed by atoms with Crippen LogP contribution in [0.5, 0.6) is 0 Å². The van der Waals surface area contributed by atoms with Crippen molar-refractivity contribution in [1.82, 2.24) is 5.32 Å². The van der Waals surface area contributed by atoms with Gasteiger partial charge in [0.05, 0.1) is 16.5 Å². The lowest BCUT2D eigenvalue weighted by Crippen LogP contribution is -2.34. The Hall–Kier alpha value is -2.85. The predicted molar refractivity (Wildman–Crippen MR) is 107 cm³/mol. The summed E-state index contributed by atoms with van der Waals surface area (Å²) in [5.74, 6) is -0.248. The zero-order valence-corrected chi connectivity index (χ0v) is 16.3. The van der Waals surface area contributed by atoms with E-state index in [1.54, 1.807) is 12.1 Å². The summed E-state index contributed by atoms with van der Waals surface area (Å²) in [5, 5.41) is 11.9. The number of nitrogens with one attached hydrogen (secondary N) is 2. The molecule has 146 valence electrons. The third-order valence-corrected chi connectivity index (χ3v) is 6.24. The smallest absolute Gasteiger partial charge is 0.261 e. The molecular formula is C21H23N3O3S. The fourth-order valence-electron chi connectivity index (χ4n) is 3.32. The molecule has 0 aliphatic heterocycles. The highest BCUT2D eigenvalue weighted by molar-refractivity contribution is 7.92. The van der Waals surface area contributed by atoms with E-state index in [9.17, 15) is 13.2 Å². The molecular weight excluding hydrogens is 374 g/mol. The monoisotopic (exact) mass is 397 g/mol. The first-order valence-electron chi connectivity index (χ1n) is 9.42. The lowest BCUT2D eigenvalue weighted by Gasteiger charge is -2.16. The fraction of sp³-hybridized carbons (Fsp3) is 0.333. The molecule has 1 amide bonds. The highest BCUT2D eigenvalue weighted by Gasteiger charge is 2.19. The number of nitrogens with zero attached hydrogens (tertiary/aromatic N) is 1. The second-order valence-corrected chi connectivity index (χ2v) is 8.67. The molecule has 2 aromatic rings. The molecule has 6 nitrogen and oxygen atoms in total. The fourth-order valence-corrected chi connectivity index (χ4v) is 4.43. The minimum absolute atomic E-state index is 0.0189. The number of rotatable bonds is 5. The molecule has 0 radical (unpaired) electrons. The number of anilines is 1. The van der Waals surface area contributed by atoms with E-state index in [2.05, 4.69) is 10.0 Å². The molecule has 0 bridgehead atoms. The SMILES string of the molecule is N#Cc1ccc(NS(=O)(=O)c2cccc(C(=O)NC3CCCCCC3)c2)cc1. The van der Waals surface area contributed by atoms with Gasteiger partial charge in [0.15, 0.2) is 0 Å². The van der Waals surface area contributed by atoms with Crippen molar-refractivity contribution in [1.29, 1.82) is 5.26 Å². The van der Waals surface area contributed by atoms with Crippen molar-refractivity contribution in [3.63, 3.8) is 0 Å². The third kappa shape index (κ3) is 5.11. The number of amides is 1. The Morgan fingerprint density at radius 1 is 1.00 bits per heavy atom. The van der Waals surface area contributed by atoms with Crippen molar-refractivity contribution in [3.8, 4) is 6.07 Å². The molecule has 7 heteroatoms. The number of nitriles is 1. The Morgan fingerprint density at radius 3 is 2.32 bits per heavy atom. The summed E-state index contributed by atoms with van der Waals surface area (Å²) in [6, 6.07) is 14.3. The first-order chi connectivity index (χ1) is 13.5. The van der Waals surface area contributed by atoms with E-state index in [1.807, 2.05) is 6.07 Å². The van der Waals surface area contributed by atoms with Gasteiger partial charge in [-0.05, 0) is 55.3 Å². The topological polar surface area (TPSA) is 99.1 Å². The van der Waals surface area contributed by atoms with Gasteiger partial charge in [-0.25, -0.2) is 8.42 Å². The Labute approximate surface area is 165 Å². The van der Waals surface area contributed by atoms with Crippen LogP contribution in [0.3, 0.4) is 0 Å². The summed E-state index contributed by atoms with van der Waals surface area (Å²) in [6.07, 6.45) is 6.53. The lowest BCUT2D eigenvalue weighted by molar-refractivity contribution is 0.0933. The van der Waals surface area contributed by atoms with Gasteiger partial charge in [-0.15, -0.1) is 0 Å². The number of carbonyl (C=O) groups excluding carboxylic acids is 1. The van der Waals surface area contributed by atoms with Gasteiger partial charge in [0, 0.05) is 17.3 Å². The van der Waals surface area contributed by atoms with Crippen LogP contribution in [0.1, 0.15) is 54.4 Å². The van der Waals surface area contributed by atoms with E-state index in [0.29, 0.717) is 16.8 Å². The van der Waals surface area contributed by atoms with E-state index in [4.69, 9.17) is 5.26 Å². The van der Waals surface area contributed by atoms with Crippen molar-refractivity contribution in [2.45, 2.75) is 49.5 Å². The zero-order valence-electron chi connectivity index (χ0n) is 15.5. The van der Waals surface area contributed by atoms with Crippen molar-refractivity contribution in [2.75, 3.05) is 4.72 Å². The predicted octanol–water partition coefficient (Wildman–Crippen LogP) is 3.81. The molecule has 0 aromatic heterocycles. The molecule has 0 atom stereocenters. The van der Waals surface area contributed by atoms with Crippen LogP contribution in [0.4, 0.5) is 5.69 Å². The van der Waals surface area contributed by atoms with Crippen LogP contribution in [0, 0.1) is 11.3 Å². The van der Waals surface area contributed by atoms with Gasteiger partial charge in [-0.3, -0.25) is 9.52 Å². The normalized spacial score (nSPS) is 15.2. The molecule has 3 rings (SSSR count). The quantitative estimate of drug-likeness (QED) is 0.749. The Balaban J connectivity index is 1.73. The van der Waals surface area contributed by atoms with E-state index >= 15 is 0 Å². The molecule has 0 spiro atoms. The molecule has 2 aromatic carbocycles. The Kier molecular flexibility index (Phi) is 6.32. The van der Waals surface area contributed by atoms with Gasteiger partial charge in [0.2, 0.25) is 0 Å². The summed E-state index contributed by atoms with van der Waals surface area (Å²) >= 11 is 0. The van der Waals surface area contributed by atoms with Crippen molar-refractivity contribution in [2.24, 2.45) is 0 Å². The molecule has 1 aliphatic rings. The number of benzene rings is 2.